The Labute approximate surface area is 147 Å². The Bertz CT molecular complexity index is 817. The number of ether oxygens (including phenoxy) is 3. The van der Waals surface area contributed by atoms with E-state index in [4.69, 9.17) is 14.7 Å². The lowest BCUT2D eigenvalue weighted by Crippen LogP contribution is -2.02. The average molecular weight is 337 g/mol. The number of methoxy groups -OCH3 is 2. The van der Waals surface area contributed by atoms with Gasteiger partial charge in [-0.15, -0.1) is 0 Å². The molecule has 2 aromatic carbocycles. The van der Waals surface area contributed by atoms with E-state index in [2.05, 4.69) is 4.74 Å². The van der Waals surface area contributed by atoms with E-state index >= 15 is 0 Å². The van der Waals surface area contributed by atoms with Crippen LogP contribution >= 0.6 is 0 Å². The first-order chi connectivity index (χ1) is 12.1. The number of carbonyl (C=O) groups is 1. The van der Waals surface area contributed by atoms with Crippen molar-refractivity contribution in [2.24, 2.45) is 0 Å². The van der Waals surface area contributed by atoms with Crippen molar-refractivity contribution in [1.82, 2.24) is 0 Å². The van der Waals surface area contributed by atoms with Crippen molar-refractivity contribution in [2.75, 3.05) is 14.2 Å². The molecular weight excluding hydrogens is 318 g/mol. The number of hydrogen-bond acceptors (Lipinski definition) is 5. The lowest BCUT2D eigenvalue weighted by molar-refractivity contribution is -0.135. The maximum absolute atomic E-state index is 11.5. The largest absolute Gasteiger partial charge is 0.493 e. The summed E-state index contributed by atoms with van der Waals surface area (Å²) in [6.45, 7) is 2.45. The fourth-order valence-corrected chi connectivity index (χ4v) is 2.15. The molecule has 0 amide bonds. The molecule has 0 unspecified atom stereocenters. The Balaban J connectivity index is 2.18. The van der Waals surface area contributed by atoms with Crippen LogP contribution in [-0.4, -0.2) is 20.2 Å². The van der Waals surface area contributed by atoms with Crippen molar-refractivity contribution in [1.29, 1.82) is 5.26 Å². The van der Waals surface area contributed by atoms with E-state index < -0.39 is 5.97 Å². The highest BCUT2D eigenvalue weighted by Gasteiger charge is 2.10. The van der Waals surface area contributed by atoms with Gasteiger partial charge in [0.1, 0.15) is 18.2 Å². The van der Waals surface area contributed by atoms with Crippen LogP contribution in [0.4, 0.5) is 0 Å². The Hall–Kier alpha value is -3.26. The van der Waals surface area contributed by atoms with Crippen LogP contribution in [0.5, 0.6) is 11.5 Å². The Morgan fingerprint density at radius 1 is 1.12 bits per heavy atom. The number of nitrogens with zero attached hydrogens (tertiary/aromatic N) is 1. The monoisotopic (exact) mass is 337 g/mol. The van der Waals surface area contributed by atoms with Crippen LogP contribution in [-0.2, 0) is 16.1 Å². The van der Waals surface area contributed by atoms with Gasteiger partial charge in [-0.1, -0.05) is 35.9 Å². The van der Waals surface area contributed by atoms with Crippen molar-refractivity contribution in [3.63, 3.8) is 0 Å². The van der Waals surface area contributed by atoms with E-state index in [0.29, 0.717) is 23.7 Å². The van der Waals surface area contributed by atoms with Crippen molar-refractivity contribution < 1.29 is 19.0 Å². The van der Waals surface area contributed by atoms with Gasteiger partial charge >= 0.3 is 5.97 Å². The fraction of sp³-hybridized carbons (Fsp3) is 0.200. The zero-order valence-corrected chi connectivity index (χ0v) is 14.4. The van der Waals surface area contributed by atoms with E-state index in [0.717, 1.165) is 5.56 Å². The first kappa shape index (κ1) is 18.1. The van der Waals surface area contributed by atoms with Crippen LogP contribution in [0.15, 0.2) is 48.0 Å². The van der Waals surface area contributed by atoms with Gasteiger partial charge in [0.2, 0.25) is 0 Å². The molecule has 128 valence electrons. The van der Waals surface area contributed by atoms with E-state index in [9.17, 15) is 4.79 Å². The molecule has 0 heterocycles. The minimum atomic E-state index is -0.679. The summed E-state index contributed by atoms with van der Waals surface area (Å²) >= 11 is 0. The second kappa shape index (κ2) is 8.55. The molecule has 2 aromatic rings. The minimum Gasteiger partial charge on any atom is -0.493 e. The summed E-state index contributed by atoms with van der Waals surface area (Å²) in [5.41, 5.74) is 2.80. The number of benzene rings is 2. The second-order valence-corrected chi connectivity index (χ2v) is 5.35. The smallest absolute Gasteiger partial charge is 0.348 e. The lowest BCUT2D eigenvalue weighted by atomic mass is 10.1. The highest BCUT2D eigenvalue weighted by molar-refractivity contribution is 5.97. The van der Waals surface area contributed by atoms with Crippen LogP contribution in [0.2, 0.25) is 0 Å². The molecule has 0 N–H and O–H groups in total. The van der Waals surface area contributed by atoms with Gasteiger partial charge in [0.15, 0.2) is 11.5 Å². The summed E-state index contributed by atoms with van der Waals surface area (Å²) in [7, 11) is 2.77. The fourth-order valence-electron chi connectivity index (χ4n) is 2.15. The van der Waals surface area contributed by atoms with E-state index in [1.807, 2.05) is 37.3 Å². The van der Waals surface area contributed by atoms with Gasteiger partial charge in [-0.05, 0) is 36.3 Å². The number of rotatable bonds is 6. The van der Waals surface area contributed by atoms with Crippen LogP contribution in [0.3, 0.4) is 0 Å². The molecule has 0 atom stereocenters. The standard InChI is InChI=1S/C20H19NO4/c1-14-4-6-15(7-5-14)13-25-18-9-8-16(11-19(18)23-2)10-17(12-21)20(22)24-3/h4-11H,13H2,1-3H3/b17-10-. The topological polar surface area (TPSA) is 68.6 Å². The van der Waals surface area contributed by atoms with Gasteiger partial charge in [0, 0.05) is 0 Å². The molecule has 0 aromatic heterocycles. The van der Waals surface area contributed by atoms with Crippen molar-refractivity contribution >= 4 is 12.0 Å². The van der Waals surface area contributed by atoms with Crippen LogP contribution in [0, 0.1) is 18.3 Å². The maximum Gasteiger partial charge on any atom is 0.348 e. The van der Waals surface area contributed by atoms with Gasteiger partial charge in [-0.2, -0.15) is 5.26 Å². The van der Waals surface area contributed by atoms with Gasteiger partial charge in [0.25, 0.3) is 0 Å². The summed E-state index contributed by atoms with van der Waals surface area (Å²) < 4.78 is 15.7. The number of nitriles is 1. The predicted octanol–water partition coefficient (Wildman–Crippen LogP) is 3.66. The molecule has 0 saturated heterocycles. The zero-order valence-electron chi connectivity index (χ0n) is 14.4. The number of hydrogen-bond donors (Lipinski definition) is 0. The molecule has 0 radical (unpaired) electrons. The van der Waals surface area contributed by atoms with Crippen LogP contribution < -0.4 is 9.47 Å². The number of aryl methyl sites for hydroxylation is 1. The maximum atomic E-state index is 11.5. The number of carbonyl (C=O) groups excluding carboxylic acids is 1. The molecule has 5 heteroatoms. The van der Waals surface area contributed by atoms with Gasteiger partial charge < -0.3 is 14.2 Å². The van der Waals surface area contributed by atoms with Crippen molar-refractivity contribution in [3.8, 4) is 17.6 Å². The highest BCUT2D eigenvalue weighted by atomic mass is 16.5. The van der Waals surface area contributed by atoms with E-state index in [-0.39, 0.29) is 5.57 Å². The van der Waals surface area contributed by atoms with Crippen molar-refractivity contribution in [2.45, 2.75) is 13.5 Å². The molecule has 0 spiro atoms. The van der Waals surface area contributed by atoms with Crippen LogP contribution in [0.25, 0.3) is 6.08 Å². The SMILES string of the molecule is COC(=O)/C(C#N)=C\c1ccc(OCc2ccc(C)cc2)c(OC)c1. The normalized spacial score (nSPS) is 10.7. The molecule has 0 aliphatic rings. The average Bonchev–Trinajstić information content (AvgIpc) is 2.65. The van der Waals surface area contributed by atoms with E-state index in [1.54, 1.807) is 18.2 Å². The predicted molar refractivity (Wildman–Crippen MR) is 94.1 cm³/mol. The van der Waals surface area contributed by atoms with Gasteiger partial charge in [0.05, 0.1) is 14.2 Å². The van der Waals surface area contributed by atoms with Crippen LogP contribution in [0.1, 0.15) is 16.7 Å². The summed E-state index contributed by atoms with van der Waals surface area (Å²) in [5.74, 6) is 0.418. The van der Waals surface area contributed by atoms with Gasteiger partial charge in [-0.25, -0.2) is 4.79 Å². The van der Waals surface area contributed by atoms with E-state index in [1.165, 1.54) is 25.9 Å². The first-order valence-electron chi connectivity index (χ1n) is 7.64. The quantitative estimate of drug-likeness (QED) is 0.457. The number of esters is 1. The van der Waals surface area contributed by atoms with Crippen molar-refractivity contribution in [3.05, 3.63) is 64.7 Å². The molecule has 0 bridgehead atoms. The Morgan fingerprint density at radius 2 is 1.84 bits per heavy atom. The Morgan fingerprint density at radius 3 is 2.44 bits per heavy atom. The molecule has 0 saturated carbocycles. The highest BCUT2D eigenvalue weighted by Crippen LogP contribution is 2.29. The summed E-state index contributed by atoms with van der Waals surface area (Å²) in [5, 5.41) is 9.02. The molecule has 0 fully saturated rings. The second-order valence-electron chi connectivity index (χ2n) is 5.35. The summed E-state index contributed by atoms with van der Waals surface area (Å²) in [6, 6.07) is 15.1. The third kappa shape index (κ3) is 4.85. The molecule has 0 aliphatic heterocycles. The summed E-state index contributed by atoms with van der Waals surface area (Å²) in [4.78, 5) is 11.5. The molecule has 25 heavy (non-hydrogen) atoms. The lowest BCUT2D eigenvalue weighted by Gasteiger charge is -2.11. The molecule has 5 nitrogen and oxygen atoms in total. The molecular formula is C20H19NO4. The summed E-state index contributed by atoms with van der Waals surface area (Å²) in [6.07, 6.45) is 1.44. The third-order valence-electron chi connectivity index (χ3n) is 3.54. The molecule has 0 aliphatic carbocycles. The zero-order chi connectivity index (χ0) is 18.2. The van der Waals surface area contributed by atoms with Gasteiger partial charge in [-0.3, -0.25) is 0 Å². The first-order valence-corrected chi connectivity index (χ1v) is 7.64. The third-order valence-corrected chi connectivity index (χ3v) is 3.54. The minimum absolute atomic E-state index is 0.0853. The Kier molecular flexibility index (Phi) is 6.19. The molecule has 2 rings (SSSR count).